The first-order valence-electron chi connectivity index (χ1n) is 5.86. The quantitative estimate of drug-likeness (QED) is 0.725. The average Bonchev–Trinajstić information content (AvgIpc) is 2.90. The summed E-state index contributed by atoms with van der Waals surface area (Å²) in [4.78, 5) is 11.9. The molecular formula is C14H15O2. The molecule has 0 aliphatic heterocycles. The summed E-state index contributed by atoms with van der Waals surface area (Å²) in [5.74, 6) is 0.519. The minimum Gasteiger partial charge on any atom is -0.460 e. The summed E-state index contributed by atoms with van der Waals surface area (Å²) in [6.07, 6.45) is 5.35. The smallest absolute Gasteiger partial charge is 0.312 e. The van der Waals surface area contributed by atoms with E-state index in [4.69, 9.17) is 4.74 Å². The van der Waals surface area contributed by atoms with E-state index >= 15 is 0 Å². The van der Waals surface area contributed by atoms with E-state index in [0.717, 1.165) is 24.8 Å². The maximum Gasteiger partial charge on any atom is 0.312 e. The Balaban J connectivity index is 1.58. The van der Waals surface area contributed by atoms with Gasteiger partial charge in [-0.3, -0.25) is 4.79 Å². The molecule has 2 aliphatic rings. The van der Waals surface area contributed by atoms with Gasteiger partial charge in [-0.15, -0.1) is 0 Å². The minimum absolute atomic E-state index is 0.00935. The van der Waals surface area contributed by atoms with Crippen LogP contribution in [0.1, 0.15) is 24.8 Å². The van der Waals surface area contributed by atoms with Crippen LogP contribution in [0.3, 0.4) is 0 Å². The molecular weight excluding hydrogens is 200 g/mol. The Labute approximate surface area is 95.6 Å². The van der Waals surface area contributed by atoms with Crippen molar-refractivity contribution < 1.29 is 9.53 Å². The van der Waals surface area contributed by atoms with Crippen LogP contribution in [0.15, 0.2) is 30.3 Å². The van der Waals surface area contributed by atoms with Crippen LogP contribution in [0.25, 0.3) is 0 Å². The second kappa shape index (κ2) is 3.62. The summed E-state index contributed by atoms with van der Waals surface area (Å²) in [7, 11) is 0. The second-order valence-corrected chi connectivity index (χ2v) is 4.80. The first-order chi connectivity index (χ1) is 7.81. The summed E-state index contributed by atoms with van der Waals surface area (Å²) >= 11 is 0. The zero-order valence-corrected chi connectivity index (χ0v) is 9.19. The standard InChI is InChI=1S/C14H15O2/c15-13(14-8-4-7-12(14)9-14)16-10-11-5-2-1-3-6-11/h1-3,5-7,12H,4,8-10H2. The van der Waals surface area contributed by atoms with Crippen molar-refractivity contribution in [3.8, 4) is 0 Å². The molecule has 1 aromatic carbocycles. The summed E-state index contributed by atoms with van der Waals surface area (Å²) in [6, 6.07) is 9.86. The predicted molar refractivity (Wildman–Crippen MR) is 60.3 cm³/mol. The second-order valence-electron chi connectivity index (χ2n) is 4.80. The van der Waals surface area contributed by atoms with Crippen LogP contribution in [-0.2, 0) is 16.1 Å². The first kappa shape index (κ1) is 9.88. The minimum atomic E-state index is -0.116. The zero-order chi connectivity index (χ0) is 11.0. The van der Waals surface area contributed by atoms with Gasteiger partial charge < -0.3 is 4.74 Å². The molecule has 2 heteroatoms. The van der Waals surface area contributed by atoms with Crippen molar-refractivity contribution in [3.63, 3.8) is 0 Å². The lowest BCUT2D eigenvalue weighted by atomic mass is 10.1. The normalized spacial score (nSPS) is 30.9. The molecule has 0 aromatic heterocycles. The van der Waals surface area contributed by atoms with E-state index < -0.39 is 0 Å². The molecule has 0 saturated heterocycles. The van der Waals surface area contributed by atoms with Gasteiger partial charge in [0.05, 0.1) is 5.41 Å². The number of carbonyl (C=O) groups is 1. The van der Waals surface area contributed by atoms with Gasteiger partial charge >= 0.3 is 5.97 Å². The molecule has 0 bridgehead atoms. The van der Waals surface area contributed by atoms with Crippen molar-refractivity contribution in [1.29, 1.82) is 0 Å². The Kier molecular flexibility index (Phi) is 2.23. The van der Waals surface area contributed by atoms with Gasteiger partial charge in [0.15, 0.2) is 0 Å². The maximum atomic E-state index is 11.9. The fourth-order valence-electron chi connectivity index (χ4n) is 2.68. The van der Waals surface area contributed by atoms with Gasteiger partial charge in [0.1, 0.15) is 6.61 Å². The van der Waals surface area contributed by atoms with Crippen LogP contribution in [-0.4, -0.2) is 5.97 Å². The summed E-state index contributed by atoms with van der Waals surface area (Å²) in [5.41, 5.74) is 0.945. The largest absolute Gasteiger partial charge is 0.460 e. The fraction of sp³-hybridized carbons (Fsp3) is 0.429. The molecule has 1 aromatic rings. The van der Waals surface area contributed by atoms with E-state index in [9.17, 15) is 4.79 Å². The molecule has 2 unspecified atom stereocenters. The SMILES string of the molecule is O=C(OCc1ccccc1)C12CC[CH]C1C2. The van der Waals surface area contributed by atoms with Crippen LogP contribution in [0.2, 0.25) is 0 Å². The molecule has 2 atom stereocenters. The number of carbonyl (C=O) groups excluding carboxylic acids is 1. The number of hydrogen-bond acceptors (Lipinski definition) is 2. The molecule has 1 radical (unpaired) electrons. The molecule has 2 saturated carbocycles. The van der Waals surface area contributed by atoms with Crippen molar-refractivity contribution in [1.82, 2.24) is 0 Å². The van der Waals surface area contributed by atoms with Crippen molar-refractivity contribution in [2.75, 3.05) is 0 Å². The number of fused-ring (bicyclic) bond motifs is 1. The lowest BCUT2D eigenvalue weighted by molar-refractivity contribution is -0.151. The maximum absolute atomic E-state index is 11.9. The van der Waals surface area contributed by atoms with Crippen LogP contribution in [0, 0.1) is 17.8 Å². The van der Waals surface area contributed by atoms with E-state index in [1.54, 1.807) is 0 Å². The number of hydrogen-bond donors (Lipinski definition) is 0. The van der Waals surface area contributed by atoms with Crippen molar-refractivity contribution in [3.05, 3.63) is 42.3 Å². The number of ether oxygens (including phenoxy) is 1. The summed E-state index contributed by atoms with van der Waals surface area (Å²) in [5, 5.41) is 0. The zero-order valence-electron chi connectivity index (χ0n) is 9.19. The highest BCUT2D eigenvalue weighted by atomic mass is 16.5. The third kappa shape index (κ3) is 1.53. The van der Waals surface area contributed by atoms with Gasteiger partial charge in [0, 0.05) is 0 Å². The first-order valence-corrected chi connectivity index (χ1v) is 5.86. The molecule has 0 amide bonds. The van der Waals surface area contributed by atoms with Gasteiger partial charge in [0.25, 0.3) is 0 Å². The molecule has 2 nitrogen and oxygen atoms in total. The Morgan fingerprint density at radius 2 is 2.19 bits per heavy atom. The molecule has 0 N–H and O–H groups in total. The van der Waals surface area contributed by atoms with E-state index in [0.29, 0.717) is 12.5 Å². The van der Waals surface area contributed by atoms with Crippen LogP contribution in [0.5, 0.6) is 0 Å². The molecule has 83 valence electrons. The fourth-order valence-corrected chi connectivity index (χ4v) is 2.68. The third-order valence-corrected chi connectivity index (χ3v) is 3.79. The Morgan fingerprint density at radius 1 is 1.38 bits per heavy atom. The number of benzene rings is 1. The Morgan fingerprint density at radius 3 is 2.81 bits per heavy atom. The van der Waals surface area contributed by atoms with Crippen molar-refractivity contribution >= 4 is 5.97 Å². The van der Waals surface area contributed by atoms with Gasteiger partial charge in [-0.25, -0.2) is 0 Å². The Bertz CT molecular complexity index is 398. The van der Waals surface area contributed by atoms with Crippen molar-refractivity contribution in [2.45, 2.75) is 25.9 Å². The van der Waals surface area contributed by atoms with Crippen molar-refractivity contribution in [2.24, 2.45) is 11.3 Å². The van der Waals surface area contributed by atoms with E-state index in [1.807, 2.05) is 30.3 Å². The van der Waals surface area contributed by atoms with Gasteiger partial charge in [-0.2, -0.15) is 0 Å². The summed E-state index contributed by atoms with van der Waals surface area (Å²) in [6.45, 7) is 0.411. The van der Waals surface area contributed by atoms with Gasteiger partial charge in [0.2, 0.25) is 0 Å². The third-order valence-electron chi connectivity index (χ3n) is 3.79. The molecule has 2 fully saturated rings. The van der Waals surface area contributed by atoms with E-state index in [2.05, 4.69) is 6.42 Å². The highest BCUT2D eigenvalue weighted by Gasteiger charge is 2.63. The highest BCUT2D eigenvalue weighted by molar-refractivity contribution is 5.81. The highest BCUT2D eigenvalue weighted by Crippen LogP contribution is 2.63. The van der Waals surface area contributed by atoms with Crippen LogP contribution >= 0.6 is 0 Å². The molecule has 3 rings (SSSR count). The van der Waals surface area contributed by atoms with Crippen LogP contribution in [0.4, 0.5) is 0 Å². The molecule has 0 spiro atoms. The molecule has 2 aliphatic carbocycles. The lowest BCUT2D eigenvalue weighted by Gasteiger charge is -2.11. The van der Waals surface area contributed by atoms with E-state index in [-0.39, 0.29) is 11.4 Å². The lowest BCUT2D eigenvalue weighted by Crippen LogP contribution is -2.18. The number of rotatable bonds is 3. The predicted octanol–water partition coefficient (Wildman–Crippen LogP) is 2.73. The van der Waals surface area contributed by atoms with Gasteiger partial charge in [-0.05, 0) is 37.2 Å². The van der Waals surface area contributed by atoms with Gasteiger partial charge in [-0.1, -0.05) is 30.3 Å². The molecule has 16 heavy (non-hydrogen) atoms. The topological polar surface area (TPSA) is 26.3 Å². The average molecular weight is 215 g/mol. The Hall–Kier alpha value is -1.31. The van der Waals surface area contributed by atoms with E-state index in [1.165, 1.54) is 0 Å². The summed E-state index contributed by atoms with van der Waals surface area (Å²) < 4.78 is 5.40. The van der Waals surface area contributed by atoms with Crippen LogP contribution < -0.4 is 0 Å². The monoisotopic (exact) mass is 215 g/mol. The molecule has 0 heterocycles. The number of esters is 1.